The first-order chi connectivity index (χ1) is 10.2. The van der Waals surface area contributed by atoms with Gasteiger partial charge in [0.15, 0.2) is 0 Å². The SMILES string of the molecule is CCN(CC)CCCNC(=O)NCCc1cccc(C)c1. The highest BCUT2D eigenvalue weighted by Gasteiger charge is 2.01. The molecule has 0 saturated carbocycles. The fourth-order valence-electron chi connectivity index (χ4n) is 2.29. The van der Waals surface area contributed by atoms with E-state index < -0.39 is 0 Å². The van der Waals surface area contributed by atoms with Crippen molar-refractivity contribution in [3.63, 3.8) is 0 Å². The molecule has 0 atom stereocenters. The van der Waals surface area contributed by atoms with Crippen molar-refractivity contribution in [3.8, 4) is 0 Å². The number of rotatable bonds is 9. The molecule has 0 aliphatic carbocycles. The molecule has 2 N–H and O–H groups in total. The Bertz CT molecular complexity index is 416. The van der Waals surface area contributed by atoms with Gasteiger partial charge in [0.1, 0.15) is 0 Å². The predicted octanol–water partition coefficient (Wildman–Crippen LogP) is 2.57. The Morgan fingerprint density at radius 3 is 2.52 bits per heavy atom. The molecule has 1 rings (SSSR count). The number of carbonyl (C=O) groups excluding carboxylic acids is 1. The van der Waals surface area contributed by atoms with Gasteiger partial charge < -0.3 is 15.5 Å². The van der Waals surface area contributed by atoms with Gasteiger partial charge in [-0.2, -0.15) is 0 Å². The molecule has 4 nitrogen and oxygen atoms in total. The number of hydrogen-bond acceptors (Lipinski definition) is 2. The molecule has 1 aromatic rings. The zero-order valence-corrected chi connectivity index (χ0v) is 13.6. The van der Waals surface area contributed by atoms with E-state index in [4.69, 9.17) is 0 Å². The first-order valence-corrected chi connectivity index (χ1v) is 7.95. The molecule has 118 valence electrons. The van der Waals surface area contributed by atoms with E-state index in [1.165, 1.54) is 11.1 Å². The summed E-state index contributed by atoms with van der Waals surface area (Å²) in [5.74, 6) is 0. The van der Waals surface area contributed by atoms with Crippen LogP contribution in [0.1, 0.15) is 31.4 Å². The molecule has 0 heterocycles. The maximum absolute atomic E-state index is 11.6. The van der Waals surface area contributed by atoms with E-state index in [1.54, 1.807) is 0 Å². The maximum atomic E-state index is 11.6. The molecule has 0 unspecified atom stereocenters. The third kappa shape index (κ3) is 7.71. The molecule has 21 heavy (non-hydrogen) atoms. The fourth-order valence-corrected chi connectivity index (χ4v) is 2.29. The Morgan fingerprint density at radius 1 is 1.14 bits per heavy atom. The van der Waals surface area contributed by atoms with Gasteiger partial charge in [0.2, 0.25) is 0 Å². The van der Waals surface area contributed by atoms with E-state index in [0.717, 1.165) is 39.0 Å². The van der Waals surface area contributed by atoms with E-state index >= 15 is 0 Å². The van der Waals surface area contributed by atoms with Crippen LogP contribution in [-0.4, -0.2) is 43.7 Å². The van der Waals surface area contributed by atoms with Gasteiger partial charge in [-0.05, 0) is 45.0 Å². The van der Waals surface area contributed by atoms with Gasteiger partial charge in [-0.1, -0.05) is 43.7 Å². The van der Waals surface area contributed by atoms with Crippen LogP contribution in [0.15, 0.2) is 24.3 Å². The Hall–Kier alpha value is -1.55. The van der Waals surface area contributed by atoms with Crippen molar-refractivity contribution < 1.29 is 4.79 Å². The number of amides is 2. The van der Waals surface area contributed by atoms with Crippen LogP contribution in [0, 0.1) is 6.92 Å². The Kier molecular flexibility index (Phi) is 8.51. The monoisotopic (exact) mass is 291 g/mol. The summed E-state index contributed by atoms with van der Waals surface area (Å²) in [4.78, 5) is 14.0. The van der Waals surface area contributed by atoms with E-state index in [2.05, 4.69) is 60.6 Å². The normalized spacial score (nSPS) is 10.7. The Balaban J connectivity index is 2.09. The molecule has 1 aromatic carbocycles. The van der Waals surface area contributed by atoms with Crippen LogP contribution in [-0.2, 0) is 6.42 Å². The minimum Gasteiger partial charge on any atom is -0.338 e. The Labute approximate surface area is 128 Å². The summed E-state index contributed by atoms with van der Waals surface area (Å²) in [7, 11) is 0. The summed E-state index contributed by atoms with van der Waals surface area (Å²) in [6, 6.07) is 8.32. The standard InChI is InChI=1S/C17H29N3O/c1-4-20(5-2)13-7-11-18-17(21)19-12-10-16-9-6-8-15(3)14-16/h6,8-9,14H,4-5,7,10-13H2,1-3H3,(H2,18,19,21). The minimum absolute atomic E-state index is 0.0674. The molecule has 4 heteroatoms. The van der Waals surface area contributed by atoms with Gasteiger partial charge in [-0.3, -0.25) is 0 Å². The quantitative estimate of drug-likeness (QED) is 0.687. The van der Waals surface area contributed by atoms with Gasteiger partial charge in [-0.25, -0.2) is 4.79 Å². The first kappa shape index (κ1) is 17.5. The van der Waals surface area contributed by atoms with Crippen LogP contribution in [0.4, 0.5) is 4.79 Å². The van der Waals surface area contributed by atoms with Gasteiger partial charge in [0.25, 0.3) is 0 Å². The molecule has 2 amide bonds. The molecule has 0 radical (unpaired) electrons. The largest absolute Gasteiger partial charge is 0.338 e. The molecule has 0 aliphatic heterocycles. The molecule has 0 aliphatic rings. The van der Waals surface area contributed by atoms with E-state index in [1.807, 2.05) is 0 Å². The lowest BCUT2D eigenvalue weighted by atomic mass is 10.1. The van der Waals surface area contributed by atoms with Crippen LogP contribution in [0.5, 0.6) is 0 Å². The van der Waals surface area contributed by atoms with Crippen molar-refractivity contribution in [1.29, 1.82) is 0 Å². The van der Waals surface area contributed by atoms with Gasteiger partial charge >= 0.3 is 6.03 Å². The molecule has 0 aromatic heterocycles. The third-order valence-electron chi connectivity index (χ3n) is 3.61. The number of benzene rings is 1. The van der Waals surface area contributed by atoms with Crippen LogP contribution < -0.4 is 10.6 Å². The van der Waals surface area contributed by atoms with Crippen molar-refractivity contribution in [2.45, 2.75) is 33.6 Å². The smallest absolute Gasteiger partial charge is 0.314 e. The molecular formula is C17H29N3O. The lowest BCUT2D eigenvalue weighted by molar-refractivity contribution is 0.239. The highest BCUT2D eigenvalue weighted by Crippen LogP contribution is 2.03. The van der Waals surface area contributed by atoms with E-state index in [9.17, 15) is 4.79 Å². The van der Waals surface area contributed by atoms with Gasteiger partial charge in [0, 0.05) is 13.1 Å². The molecule has 0 bridgehead atoms. The second-order valence-corrected chi connectivity index (χ2v) is 5.30. The zero-order valence-electron chi connectivity index (χ0n) is 13.6. The minimum atomic E-state index is -0.0674. The van der Waals surface area contributed by atoms with E-state index in [-0.39, 0.29) is 6.03 Å². The number of aryl methyl sites for hydroxylation is 1. The second kappa shape index (κ2) is 10.2. The Morgan fingerprint density at radius 2 is 1.86 bits per heavy atom. The summed E-state index contributed by atoms with van der Waals surface area (Å²) >= 11 is 0. The first-order valence-electron chi connectivity index (χ1n) is 7.95. The summed E-state index contributed by atoms with van der Waals surface area (Å²) in [6.07, 6.45) is 1.86. The molecule has 0 saturated heterocycles. The van der Waals surface area contributed by atoms with Crippen LogP contribution in [0.2, 0.25) is 0 Å². The van der Waals surface area contributed by atoms with Crippen molar-refractivity contribution in [2.24, 2.45) is 0 Å². The van der Waals surface area contributed by atoms with Crippen molar-refractivity contribution >= 4 is 6.03 Å². The fraction of sp³-hybridized carbons (Fsp3) is 0.588. The summed E-state index contributed by atoms with van der Waals surface area (Å²) in [5, 5.41) is 5.81. The summed E-state index contributed by atoms with van der Waals surface area (Å²) in [6.45, 7) is 11.0. The third-order valence-corrected chi connectivity index (χ3v) is 3.61. The number of hydrogen-bond donors (Lipinski definition) is 2. The molecular weight excluding hydrogens is 262 g/mol. The predicted molar refractivity (Wildman–Crippen MR) is 88.7 cm³/mol. The average Bonchev–Trinajstić information content (AvgIpc) is 2.47. The molecule has 0 fully saturated rings. The van der Waals surface area contributed by atoms with Gasteiger partial charge in [-0.15, -0.1) is 0 Å². The zero-order chi connectivity index (χ0) is 15.5. The van der Waals surface area contributed by atoms with Crippen molar-refractivity contribution in [1.82, 2.24) is 15.5 Å². The lowest BCUT2D eigenvalue weighted by Gasteiger charge is -2.17. The van der Waals surface area contributed by atoms with Crippen LogP contribution in [0.3, 0.4) is 0 Å². The summed E-state index contributed by atoms with van der Waals surface area (Å²) in [5.41, 5.74) is 2.52. The number of nitrogens with one attached hydrogen (secondary N) is 2. The highest BCUT2D eigenvalue weighted by molar-refractivity contribution is 5.73. The van der Waals surface area contributed by atoms with Crippen LogP contribution >= 0.6 is 0 Å². The number of carbonyl (C=O) groups is 1. The highest BCUT2D eigenvalue weighted by atomic mass is 16.2. The summed E-state index contributed by atoms with van der Waals surface area (Å²) < 4.78 is 0. The number of urea groups is 1. The van der Waals surface area contributed by atoms with Crippen molar-refractivity contribution in [3.05, 3.63) is 35.4 Å². The molecule has 0 spiro atoms. The van der Waals surface area contributed by atoms with Crippen LogP contribution in [0.25, 0.3) is 0 Å². The van der Waals surface area contributed by atoms with Gasteiger partial charge in [0.05, 0.1) is 0 Å². The van der Waals surface area contributed by atoms with Crippen molar-refractivity contribution in [2.75, 3.05) is 32.7 Å². The lowest BCUT2D eigenvalue weighted by Crippen LogP contribution is -2.38. The topological polar surface area (TPSA) is 44.4 Å². The number of nitrogens with zero attached hydrogens (tertiary/aromatic N) is 1. The average molecular weight is 291 g/mol. The van der Waals surface area contributed by atoms with E-state index in [0.29, 0.717) is 6.54 Å². The maximum Gasteiger partial charge on any atom is 0.314 e. The second-order valence-electron chi connectivity index (χ2n) is 5.30.